The summed E-state index contributed by atoms with van der Waals surface area (Å²) in [6, 6.07) is 4.35. The molecule has 8 heteroatoms. The lowest BCUT2D eigenvalue weighted by Crippen LogP contribution is -2.46. The number of hydrogen-bond donors (Lipinski definition) is 3. The van der Waals surface area contributed by atoms with Gasteiger partial charge in [-0.1, -0.05) is 0 Å². The van der Waals surface area contributed by atoms with Gasteiger partial charge >= 0.3 is 6.03 Å². The number of rotatable bonds is 5. The molecule has 0 radical (unpaired) electrons. The van der Waals surface area contributed by atoms with Gasteiger partial charge in [-0.15, -0.1) is 0 Å². The summed E-state index contributed by atoms with van der Waals surface area (Å²) >= 11 is 0. The number of hydrogen-bond acceptors (Lipinski definition) is 3. The molecule has 0 fully saturated rings. The van der Waals surface area contributed by atoms with Gasteiger partial charge in [0.15, 0.2) is 0 Å². The molecule has 122 valence electrons. The van der Waals surface area contributed by atoms with Crippen molar-refractivity contribution < 1.29 is 22.8 Å². The molecule has 3 N–H and O–H groups in total. The molecule has 0 unspecified atom stereocenters. The predicted molar refractivity (Wildman–Crippen MR) is 78.5 cm³/mol. The van der Waals surface area contributed by atoms with E-state index in [1.807, 2.05) is 0 Å². The summed E-state index contributed by atoms with van der Waals surface area (Å²) in [7, 11) is 0. The van der Waals surface area contributed by atoms with Crippen LogP contribution >= 0.6 is 0 Å². The van der Waals surface area contributed by atoms with Crippen LogP contribution in [0.4, 0.5) is 19.3 Å². The fraction of sp³-hybridized carbons (Fsp3) is 0.200. The molecule has 0 saturated heterocycles. The van der Waals surface area contributed by atoms with E-state index in [2.05, 4.69) is 16.0 Å². The Bertz CT molecular complexity index is 689. The van der Waals surface area contributed by atoms with Gasteiger partial charge in [0.1, 0.15) is 23.4 Å². The number of halogens is 2. The summed E-state index contributed by atoms with van der Waals surface area (Å²) in [5.41, 5.74) is -0.314. The number of benzene rings is 1. The summed E-state index contributed by atoms with van der Waals surface area (Å²) < 4.78 is 31.5. The lowest BCUT2D eigenvalue weighted by molar-refractivity contribution is -0.122. The standard InChI is InChI=1S/C15H15F2N3O3/c1-9(14(21)18-8-11-3-2-6-23-11)19-15(22)20-13-7-10(16)4-5-12(13)17/h2-7,9H,8H2,1H3,(H,18,21)(H2,19,20,22)/t9-/m1/s1. The number of urea groups is 1. The zero-order chi connectivity index (χ0) is 16.8. The van der Waals surface area contributed by atoms with Crippen molar-refractivity contribution in [2.45, 2.75) is 19.5 Å². The summed E-state index contributed by atoms with van der Waals surface area (Å²) in [4.78, 5) is 23.5. The molecule has 0 aliphatic carbocycles. The van der Waals surface area contributed by atoms with Crippen LogP contribution in [-0.4, -0.2) is 18.0 Å². The van der Waals surface area contributed by atoms with Crippen molar-refractivity contribution in [1.29, 1.82) is 0 Å². The maximum absolute atomic E-state index is 13.4. The number of carbonyl (C=O) groups is 2. The highest BCUT2D eigenvalue weighted by Gasteiger charge is 2.16. The van der Waals surface area contributed by atoms with Crippen molar-refractivity contribution in [2.24, 2.45) is 0 Å². The molecular formula is C15H15F2N3O3. The predicted octanol–water partition coefficient (Wildman–Crippen LogP) is 2.38. The maximum Gasteiger partial charge on any atom is 0.319 e. The summed E-state index contributed by atoms with van der Waals surface area (Å²) in [5, 5.41) is 7.03. The Hall–Kier alpha value is -2.90. The Morgan fingerprint density at radius 3 is 2.74 bits per heavy atom. The molecule has 0 aliphatic rings. The van der Waals surface area contributed by atoms with Gasteiger partial charge in [-0.2, -0.15) is 0 Å². The normalized spacial score (nSPS) is 11.6. The lowest BCUT2D eigenvalue weighted by Gasteiger charge is -2.14. The number of furan rings is 1. The molecule has 2 rings (SSSR count). The SMILES string of the molecule is C[C@@H](NC(=O)Nc1cc(F)ccc1F)C(=O)NCc1ccco1. The zero-order valence-electron chi connectivity index (χ0n) is 12.2. The monoisotopic (exact) mass is 323 g/mol. The first-order valence-electron chi connectivity index (χ1n) is 6.78. The van der Waals surface area contributed by atoms with Crippen molar-refractivity contribution in [3.8, 4) is 0 Å². The highest BCUT2D eigenvalue weighted by atomic mass is 19.1. The second-order valence-electron chi connectivity index (χ2n) is 4.74. The van der Waals surface area contributed by atoms with Gasteiger partial charge in [-0.3, -0.25) is 4.79 Å². The third kappa shape index (κ3) is 4.80. The van der Waals surface area contributed by atoms with E-state index in [0.717, 1.165) is 18.2 Å². The van der Waals surface area contributed by atoms with E-state index < -0.39 is 29.6 Å². The van der Waals surface area contributed by atoms with Gasteiger partial charge < -0.3 is 20.4 Å². The van der Waals surface area contributed by atoms with Gasteiger partial charge in [-0.25, -0.2) is 13.6 Å². The van der Waals surface area contributed by atoms with Gasteiger partial charge in [0, 0.05) is 6.07 Å². The van der Waals surface area contributed by atoms with Crippen molar-refractivity contribution in [2.75, 3.05) is 5.32 Å². The van der Waals surface area contributed by atoms with Crippen molar-refractivity contribution in [3.63, 3.8) is 0 Å². The van der Waals surface area contributed by atoms with Crippen LogP contribution in [0, 0.1) is 11.6 Å². The minimum Gasteiger partial charge on any atom is -0.467 e. The van der Waals surface area contributed by atoms with Crippen LogP contribution in [0.25, 0.3) is 0 Å². The quantitative estimate of drug-likeness (QED) is 0.790. The van der Waals surface area contributed by atoms with Crippen molar-refractivity contribution in [3.05, 3.63) is 54.0 Å². The van der Waals surface area contributed by atoms with Gasteiger partial charge in [-0.05, 0) is 31.2 Å². The average molecular weight is 323 g/mol. The third-order valence-electron chi connectivity index (χ3n) is 2.93. The Morgan fingerprint density at radius 2 is 2.04 bits per heavy atom. The zero-order valence-corrected chi connectivity index (χ0v) is 12.2. The molecule has 1 heterocycles. The fourth-order valence-corrected chi connectivity index (χ4v) is 1.75. The maximum atomic E-state index is 13.4. The molecule has 1 atom stereocenters. The molecule has 0 spiro atoms. The van der Waals surface area contributed by atoms with Crippen LogP contribution < -0.4 is 16.0 Å². The Morgan fingerprint density at radius 1 is 1.26 bits per heavy atom. The minimum atomic E-state index is -0.874. The van der Waals surface area contributed by atoms with Crippen molar-refractivity contribution >= 4 is 17.6 Å². The number of carbonyl (C=O) groups excluding carboxylic acids is 2. The summed E-state index contributed by atoms with van der Waals surface area (Å²) in [5.74, 6) is -1.35. The van der Waals surface area contributed by atoms with Gasteiger partial charge in [0.2, 0.25) is 5.91 Å². The Balaban J connectivity index is 1.84. The third-order valence-corrected chi connectivity index (χ3v) is 2.93. The lowest BCUT2D eigenvalue weighted by atomic mass is 10.3. The van der Waals surface area contributed by atoms with E-state index in [1.54, 1.807) is 12.1 Å². The van der Waals surface area contributed by atoms with Gasteiger partial charge in [0.25, 0.3) is 0 Å². The smallest absolute Gasteiger partial charge is 0.319 e. The van der Waals surface area contributed by atoms with Crippen LogP contribution in [0.15, 0.2) is 41.0 Å². The largest absolute Gasteiger partial charge is 0.467 e. The first-order valence-corrected chi connectivity index (χ1v) is 6.78. The summed E-state index contributed by atoms with van der Waals surface area (Å²) in [6.45, 7) is 1.64. The van der Waals surface area contributed by atoms with E-state index >= 15 is 0 Å². The Labute approximate surface area is 130 Å². The minimum absolute atomic E-state index is 0.179. The van der Waals surface area contributed by atoms with E-state index in [0.29, 0.717) is 5.76 Å². The summed E-state index contributed by atoms with van der Waals surface area (Å²) in [6.07, 6.45) is 1.48. The molecule has 6 nitrogen and oxygen atoms in total. The molecule has 23 heavy (non-hydrogen) atoms. The fourth-order valence-electron chi connectivity index (χ4n) is 1.75. The van der Waals surface area contributed by atoms with Crippen LogP contribution in [-0.2, 0) is 11.3 Å². The van der Waals surface area contributed by atoms with Crippen LogP contribution in [0.5, 0.6) is 0 Å². The second kappa shape index (κ2) is 7.39. The van der Waals surface area contributed by atoms with E-state index in [4.69, 9.17) is 4.42 Å². The highest BCUT2D eigenvalue weighted by molar-refractivity contribution is 5.93. The van der Waals surface area contributed by atoms with E-state index in [9.17, 15) is 18.4 Å². The number of amides is 3. The molecule has 2 aromatic rings. The van der Waals surface area contributed by atoms with Gasteiger partial charge in [0.05, 0.1) is 18.5 Å². The highest BCUT2D eigenvalue weighted by Crippen LogP contribution is 2.14. The van der Waals surface area contributed by atoms with E-state index in [-0.39, 0.29) is 12.2 Å². The second-order valence-corrected chi connectivity index (χ2v) is 4.74. The van der Waals surface area contributed by atoms with Crippen LogP contribution in [0.2, 0.25) is 0 Å². The first-order chi connectivity index (χ1) is 11.0. The number of anilines is 1. The van der Waals surface area contributed by atoms with Crippen LogP contribution in [0.1, 0.15) is 12.7 Å². The molecule has 1 aromatic heterocycles. The molecule has 0 aliphatic heterocycles. The number of nitrogens with one attached hydrogen (secondary N) is 3. The van der Waals surface area contributed by atoms with Crippen molar-refractivity contribution in [1.82, 2.24) is 10.6 Å². The van der Waals surface area contributed by atoms with E-state index in [1.165, 1.54) is 13.2 Å². The molecule has 0 bridgehead atoms. The first kappa shape index (κ1) is 16.5. The molecule has 3 amide bonds. The molecule has 1 aromatic carbocycles. The topological polar surface area (TPSA) is 83.4 Å². The van der Waals surface area contributed by atoms with Crippen LogP contribution in [0.3, 0.4) is 0 Å². The molecular weight excluding hydrogens is 308 g/mol. The molecule has 0 saturated carbocycles. The Kier molecular flexibility index (Phi) is 5.29. The average Bonchev–Trinajstić information content (AvgIpc) is 3.01.